The van der Waals surface area contributed by atoms with Gasteiger partial charge in [-0.15, -0.1) is 0 Å². The minimum Gasteiger partial charge on any atom is -1.00 e. The number of amides is 1. The number of likely N-dealkylation sites (tertiary alicyclic amines) is 1. The van der Waals surface area contributed by atoms with Crippen molar-refractivity contribution in [3.05, 3.63) is 52.8 Å². The maximum Gasteiger partial charge on any atom is 0.255 e. The number of halogens is 3. The van der Waals surface area contributed by atoms with Crippen molar-refractivity contribution < 1.29 is 57.3 Å². The molecule has 3 atom stereocenters. The molecule has 5 N–H and O–H groups in total. The second-order valence-electron chi connectivity index (χ2n) is 8.62. The number of hydrogen-bond acceptors (Lipinski definition) is 5. The van der Waals surface area contributed by atoms with Crippen LogP contribution < -0.4 is 44.5 Å². The predicted molar refractivity (Wildman–Crippen MR) is 130 cm³/mol. The zero-order chi connectivity index (χ0) is 24.0. The van der Waals surface area contributed by atoms with Gasteiger partial charge in [-0.05, 0) is 30.3 Å². The first kappa shape index (κ1) is 31.2. The zero-order valence-corrected chi connectivity index (χ0v) is 23.1. The van der Waals surface area contributed by atoms with Crippen molar-refractivity contribution in [3.63, 3.8) is 0 Å². The van der Waals surface area contributed by atoms with E-state index in [0.29, 0.717) is 34.4 Å². The van der Waals surface area contributed by atoms with Crippen LogP contribution in [-0.2, 0) is 4.74 Å². The van der Waals surface area contributed by atoms with Crippen LogP contribution in [0.15, 0.2) is 36.4 Å². The molecule has 196 valence electrons. The van der Waals surface area contributed by atoms with E-state index in [2.05, 4.69) is 12.4 Å². The Labute approximate surface area is 227 Å². The topological polar surface area (TPSA) is 114 Å². The number of hydrogen-bond donors (Lipinski definition) is 2. The number of ether oxygens (including phenoxy) is 3. The molecule has 0 saturated carbocycles. The predicted octanol–water partition coefficient (Wildman–Crippen LogP) is -0.318. The highest BCUT2D eigenvalue weighted by Gasteiger charge is 2.38. The van der Waals surface area contributed by atoms with Crippen LogP contribution in [0.5, 0.6) is 11.5 Å². The molecule has 1 saturated heterocycles. The van der Waals surface area contributed by atoms with E-state index in [1.54, 1.807) is 25.3 Å². The molecule has 2 aromatic rings. The fraction of sp³-hybridized carbons (Fsp3) is 0.458. The number of methoxy groups -OCH3 is 2. The van der Waals surface area contributed by atoms with Gasteiger partial charge in [-0.1, -0.05) is 11.6 Å². The van der Waals surface area contributed by atoms with E-state index in [-0.39, 0.29) is 53.3 Å². The Morgan fingerprint density at radius 3 is 2.57 bits per heavy atom. The number of rotatable bonds is 9. The van der Waals surface area contributed by atoms with Crippen LogP contribution in [0.1, 0.15) is 23.2 Å². The minimum atomic E-state index is -0.279. The number of piperidine rings is 1. The van der Waals surface area contributed by atoms with Gasteiger partial charge in [0.1, 0.15) is 30.0 Å². The molecule has 1 heterocycles. The van der Waals surface area contributed by atoms with E-state index < -0.39 is 0 Å². The number of nitrogen functional groups attached to an aromatic ring is 1. The third-order valence-electron chi connectivity index (χ3n) is 6.16. The lowest BCUT2D eigenvalue weighted by molar-refractivity contribution is -0.917. The number of quaternary nitrogens is 1. The molecule has 3 rings (SSSR count). The fourth-order valence-corrected chi connectivity index (χ4v) is 4.39. The number of benzene rings is 2. The average Bonchev–Trinajstić information content (AvgIpc) is 2.80. The maximum absolute atomic E-state index is 13.0. The van der Waals surface area contributed by atoms with Gasteiger partial charge in [-0.3, -0.25) is 4.79 Å². The Bertz CT molecular complexity index is 969. The van der Waals surface area contributed by atoms with Gasteiger partial charge in [-0.25, -0.2) is 4.39 Å². The Morgan fingerprint density at radius 2 is 1.94 bits per heavy atom. The molecule has 2 aromatic carbocycles. The number of nitrogens with two attached hydrogens (primary N) is 1. The monoisotopic (exact) mass is 625 g/mol. The number of nitrogens with zero attached hydrogens (tertiary/aromatic N) is 1. The van der Waals surface area contributed by atoms with Gasteiger partial charge in [0, 0.05) is 26.0 Å². The van der Waals surface area contributed by atoms with Crippen molar-refractivity contribution in [1.82, 2.24) is 5.32 Å². The SMILES string of the molecule is COc1cc(N)c(Cl)cc1C(=O)NC1CC[N+](C)(CCCOc2ccc(F)cc2)CC1OC.O.[I-]. The molecule has 35 heavy (non-hydrogen) atoms. The fourth-order valence-electron chi connectivity index (χ4n) is 4.23. The number of nitrogens with one attached hydrogen (secondary N) is 1. The number of carbonyl (C=O) groups excluding carboxylic acids is 1. The lowest BCUT2D eigenvalue weighted by Gasteiger charge is -2.44. The molecule has 0 radical (unpaired) electrons. The maximum atomic E-state index is 13.0. The molecule has 3 unspecified atom stereocenters. The normalized spacial score (nSPS) is 21.3. The van der Waals surface area contributed by atoms with Crippen LogP contribution >= 0.6 is 11.6 Å². The Balaban J connectivity index is 0.00000306. The van der Waals surface area contributed by atoms with Crippen LogP contribution in [0.2, 0.25) is 5.02 Å². The van der Waals surface area contributed by atoms with Gasteiger partial charge in [0.25, 0.3) is 5.91 Å². The molecular weight excluding hydrogens is 592 g/mol. The molecule has 0 aliphatic carbocycles. The highest BCUT2D eigenvalue weighted by atomic mass is 127. The summed E-state index contributed by atoms with van der Waals surface area (Å²) in [6.45, 7) is 3.11. The Kier molecular flexibility index (Phi) is 12.5. The van der Waals surface area contributed by atoms with Gasteiger partial charge in [-0.2, -0.15) is 0 Å². The van der Waals surface area contributed by atoms with Gasteiger partial charge >= 0.3 is 0 Å². The van der Waals surface area contributed by atoms with E-state index >= 15 is 0 Å². The van der Waals surface area contributed by atoms with Gasteiger partial charge in [0.2, 0.25) is 0 Å². The first-order valence-electron chi connectivity index (χ1n) is 10.9. The van der Waals surface area contributed by atoms with E-state index in [4.69, 9.17) is 31.5 Å². The van der Waals surface area contributed by atoms with Crippen LogP contribution in [-0.4, -0.2) is 75.5 Å². The largest absolute Gasteiger partial charge is 1.00 e. The highest BCUT2D eigenvalue weighted by molar-refractivity contribution is 6.33. The second-order valence-corrected chi connectivity index (χ2v) is 9.03. The molecule has 1 aliphatic heterocycles. The number of likely N-dealkylation sites (N-methyl/N-ethyl adjacent to an activating group) is 1. The Hall–Kier alpha value is -1.86. The standard InChI is InChI=1S/C24H31ClFN3O4.HI.H2O/c1-29(10-4-12-33-17-7-5-16(26)6-8-17)11-9-21(23(15-29)32-3)28-24(30)18-13-19(25)20(27)14-22(18)31-2;;/h5-8,13-14,21,23H,4,9-12,15H2,1-3H3,(H2-,27,28,30);1H;1H2. The van der Waals surface area contributed by atoms with Crippen molar-refractivity contribution >= 4 is 23.2 Å². The quantitative estimate of drug-likeness (QED) is 0.172. The van der Waals surface area contributed by atoms with Crippen LogP contribution in [0, 0.1) is 5.82 Å². The second kappa shape index (κ2) is 14.0. The van der Waals surface area contributed by atoms with Crippen molar-refractivity contribution in [2.75, 3.05) is 53.2 Å². The van der Waals surface area contributed by atoms with E-state index in [1.807, 2.05) is 0 Å². The summed E-state index contributed by atoms with van der Waals surface area (Å²) < 4.78 is 30.6. The van der Waals surface area contributed by atoms with E-state index in [9.17, 15) is 9.18 Å². The molecule has 0 bridgehead atoms. The highest BCUT2D eigenvalue weighted by Crippen LogP contribution is 2.29. The summed E-state index contributed by atoms with van der Waals surface area (Å²) in [5.74, 6) is 0.484. The summed E-state index contributed by atoms with van der Waals surface area (Å²) in [4.78, 5) is 13.0. The van der Waals surface area contributed by atoms with E-state index in [0.717, 1.165) is 37.0 Å². The van der Waals surface area contributed by atoms with Crippen molar-refractivity contribution in [2.24, 2.45) is 0 Å². The van der Waals surface area contributed by atoms with Crippen molar-refractivity contribution in [3.8, 4) is 11.5 Å². The number of anilines is 1. The van der Waals surface area contributed by atoms with Crippen LogP contribution in [0.4, 0.5) is 10.1 Å². The summed E-state index contributed by atoms with van der Waals surface area (Å²) in [5, 5.41) is 3.39. The third-order valence-corrected chi connectivity index (χ3v) is 6.48. The van der Waals surface area contributed by atoms with Crippen LogP contribution in [0.3, 0.4) is 0 Å². The number of carbonyl (C=O) groups is 1. The van der Waals surface area contributed by atoms with Gasteiger partial charge < -0.3 is 59.2 Å². The molecule has 8 nitrogen and oxygen atoms in total. The van der Waals surface area contributed by atoms with Crippen molar-refractivity contribution in [2.45, 2.75) is 25.0 Å². The smallest absolute Gasteiger partial charge is 0.255 e. The summed E-state index contributed by atoms with van der Waals surface area (Å²) >= 11 is 6.11. The zero-order valence-electron chi connectivity index (χ0n) is 20.2. The molecule has 1 fully saturated rings. The molecule has 1 amide bonds. The lowest BCUT2D eigenvalue weighted by atomic mass is 9.98. The van der Waals surface area contributed by atoms with Crippen molar-refractivity contribution in [1.29, 1.82) is 0 Å². The van der Waals surface area contributed by atoms with Gasteiger partial charge in [0.15, 0.2) is 0 Å². The first-order chi connectivity index (χ1) is 15.7. The lowest BCUT2D eigenvalue weighted by Crippen LogP contribution is -3.00. The van der Waals surface area contributed by atoms with E-state index in [1.165, 1.54) is 25.3 Å². The molecule has 11 heteroatoms. The molecule has 0 spiro atoms. The summed E-state index contributed by atoms with van der Waals surface area (Å²) in [5.41, 5.74) is 6.52. The average molecular weight is 626 g/mol. The van der Waals surface area contributed by atoms with Gasteiger partial charge in [0.05, 0.1) is 56.2 Å². The summed E-state index contributed by atoms with van der Waals surface area (Å²) in [7, 11) is 5.34. The third kappa shape index (κ3) is 8.35. The summed E-state index contributed by atoms with van der Waals surface area (Å²) in [6, 6.07) is 8.97. The molecule has 0 aromatic heterocycles. The summed E-state index contributed by atoms with van der Waals surface area (Å²) in [6.07, 6.45) is 1.48. The minimum absolute atomic E-state index is 0. The first-order valence-corrected chi connectivity index (χ1v) is 11.3. The molecular formula is C24H34ClFIN3O5. The Morgan fingerprint density at radius 1 is 1.26 bits per heavy atom. The molecule has 1 aliphatic rings. The van der Waals surface area contributed by atoms with Crippen LogP contribution in [0.25, 0.3) is 0 Å².